The average molecular weight is 332 g/mol. The second-order valence-electron chi connectivity index (χ2n) is 5.00. The third kappa shape index (κ3) is 5.91. The van der Waals surface area contributed by atoms with Gasteiger partial charge >= 0.3 is 0 Å². The number of carbonyl (C=O) groups excluding carboxylic acids is 2. The first kappa shape index (κ1) is 17.8. The first-order valence-electron chi connectivity index (χ1n) is 6.55. The number of benzene rings is 1. The van der Waals surface area contributed by atoms with Gasteiger partial charge in [-0.3, -0.25) is 9.59 Å². The molecule has 0 aliphatic carbocycles. The maximum Gasteiger partial charge on any atom is 0.239 e. The zero-order valence-corrected chi connectivity index (χ0v) is 13.5. The van der Waals surface area contributed by atoms with E-state index in [4.69, 9.17) is 28.9 Å². The van der Waals surface area contributed by atoms with Crippen molar-refractivity contribution < 1.29 is 9.59 Å². The van der Waals surface area contributed by atoms with Gasteiger partial charge in [0.05, 0.1) is 12.6 Å². The predicted molar refractivity (Wildman–Crippen MR) is 84.1 cm³/mol. The van der Waals surface area contributed by atoms with E-state index in [0.717, 1.165) is 5.56 Å². The van der Waals surface area contributed by atoms with Gasteiger partial charge in [0.25, 0.3) is 0 Å². The van der Waals surface area contributed by atoms with Gasteiger partial charge in [0, 0.05) is 16.6 Å². The van der Waals surface area contributed by atoms with E-state index in [1.165, 1.54) is 0 Å². The Balaban J connectivity index is 2.39. The lowest BCUT2D eigenvalue weighted by molar-refractivity contribution is -0.127. The summed E-state index contributed by atoms with van der Waals surface area (Å²) in [4.78, 5) is 23.3. The van der Waals surface area contributed by atoms with Gasteiger partial charge in [-0.05, 0) is 23.6 Å². The van der Waals surface area contributed by atoms with Crippen LogP contribution in [-0.2, 0) is 16.1 Å². The maximum absolute atomic E-state index is 11.7. The summed E-state index contributed by atoms with van der Waals surface area (Å²) in [6.45, 7) is 3.82. The van der Waals surface area contributed by atoms with Crippen LogP contribution in [0.3, 0.4) is 0 Å². The van der Waals surface area contributed by atoms with Gasteiger partial charge < -0.3 is 16.4 Å². The van der Waals surface area contributed by atoms with Crippen LogP contribution in [-0.4, -0.2) is 24.4 Å². The highest BCUT2D eigenvalue weighted by Crippen LogP contribution is 2.20. The molecule has 0 aliphatic rings. The number of halogens is 2. The molecule has 0 radical (unpaired) electrons. The smallest absolute Gasteiger partial charge is 0.239 e. The molecular formula is C14H19Cl2N3O2. The standard InChI is InChI=1S/C14H19Cl2N3O2/c1-8(2)13(17)14(21)19-7-12(20)18-6-9-3-4-10(15)5-11(9)16/h3-5,8,13H,6-7,17H2,1-2H3,(H,18,20)(H,19,21)/t13-/m0/s1. The van der Waals surface area contributed by atoms with Crippen LogP contribution in [0.4, 0.5) is 0 Å². The zero-order valence-electron chi connectivity index (χ0n) is 12.0. The summed E-state index contributed by atoms with van der Waals surface area (Å²) < 4.78 is 0. The van der Waals surface area contributed by atoms with Crippen LogP contribution in [0.1, 0.15) is 19.4 Å². The lowest BCUT2D eigenvalue weighted by Gasteiger charge is -2.15. The molecule has 0 saturated carbocycles. The SMILES string of the molecule is CC(C)[C@H](N)C(=O)NCC(=O)NCc1ccc(Cl)cc1Cl. The van der Waals surface area contributed by atoms with E-state index in [2.05, 4.69) is 10.6 Å². The van der Waals surface area contributed by atoms with Crippen LogP contribution in [0.2, 0.25) is 10.0 Å². The van der Waals surface area contributed by atoms with Crippen molar-refractivity contribution in [2.45, 2.75) is 26.4 Å². The fourth-order valence-electron chi connectivity index (χ4n) is 1.51. The van der Waals surface area contributed by atoms with Crippen LogP contribution >= 0.6 is 23.2 Å². The Hall–Kier alpha value is -1.30. The molecule has 0 saturated heterocycles. The van der Waals surface area contributed by atoms with Gasteiger partial charge in [-0.15, -0.1) is 0 Å². The number of rotatable bonds is 6. The molecule has 1 rings (SSSR count). The zero-order chi connectivity index (χ0) is 16.0. The average Bonchev–Trinajstić information content (AvgIpc) is 2.42. The van der Waals surface area contributed by atoms with Crippen molar-refractivity contribution in [1.29, 1.82) is 0 Å². The van der Waals surface area contributed by atoms with Gasteiger partial charge in [0.2, 0.25) is 11.8 Å². The molecule has 0 spiro atoms. The van der Waals surface area contributed by atoms with E-state index in [1.54, 1.807) is 18.2 Å². The Labute approximate surface area is 134 Å². The number of nitrogens with two attached hydrogens (primary N) is 1. The molecule has 1 aromatic carbocycles. The Morgan fingerprint density at radius 2 is 1.90 bits per heavy atom. The van der Waals surface area contributed by atoms with E-state index in [9.17, 15) is 9.59 Å². The Bertz CT molecular complexity index is 521. The van der Waals surface area contributed by atoms with Gasteiger partial charge in [0.15, 0.2) is 0 Å². The predicted octanol–water partition coefficient (Wildman–Crippen LogP) is 1.71. The van der Waals surface area contributed by atoms with Crippen LogP contribution in [0.5, 0.6) is 0 Å². The van der Waals surface area contributed by atoms with Crippen molar-refractivity contribution in [3.63, 3.8) is 0 Å². The highest BCUT2D eigenvalue weighted by molar-refractivity contribution is 6.35. The van der Waals surface area contributed by atoms with Crippen LogP contribution in [0, 0.1) is 5.92 Å². The van der Waals surface area contributed by atoms with Crippen molar-refractivity contribution in [2.24, 2.45) is 11.7 Å². The van der Waals surface area contributed by atoms with Gasteiger partial charge in [0.1, 0.15) is 0 Å². The number of nitrogens with one attached hydrogen (secondary N) is 2. The Morgan fingerprint density at radius 3 is 2.48 bits per heavy atom. The summed E-state index contributed by atoms with van der Waals surface area (Å²) in [6, 6.07) is 4.41. The number of carbonyl (C=O) groups is 2. The summed E-state index contributed by atoms with van der Waals surface area (Å²) >= 11 is 11.8. The molecule has 0 aliphatic heterocycles. The van der Waals surface area contributed by atoms with E-state index >= 15 is 0 Å². The molecular weight excluding hydrogens is 313 g/mol. The van der Waals surface area contributed by atoms with E-state index < -0.39 is 6.04 Å². The van der Waals surface area contributed by atoms with E-state index in [0.29, 0.717) is 10.0 Å². The largest absolute Gasteiger partial charge is 0.350 e. The van der Waals surface area contributed by atoms with Crippen LogP contribution in [0.15, 0.2) is 18.2 Å². The fraction of sp³-hybridized carbons (Fsp3) is 0.429. The summed E-state index contributed by atoms with van der Waals surface area (Å²) in [5.41, 5.74) is 6.42. The second kappa shape index (κ2) is 8.22. The topological polar surface area (TPSA) is 84.2 Å². The quantitative estimate of drug-likeness (QED) is 0.741. The molecule has 4 N–H and O–H groups in total. The molecule has 7 heteroatoms. The summed E-state index contributed by atoms with van der Waals surface area (Å²) in [5.74, 6) is -0.643. The third-order valence-electron chi connectivity index (χ3n) is 2.94. The van der Waals surface area contributed by atoms with Gasteiger partial charge in [-0.1, -0.05) is 43.1 Å². The summed E-state index contributed by atoms with van der Waals surface area (Å²) in [6.07, 6.45) is 0. The molecule has 0 unspecified atom stereocenters. The molecule has 0 aromatic heterocycles. The van der Waals surface area contributed by atoms with Crippen molar-refractivity contribution in [1.82, 2.24) is 10.6 Å². The van der Waals surface area contributed by atoms with Crippen molar-refractivity contribution in [2.75, 3.05) is 6.54 Å². The van der Waals surface area contributed by atoms with Gasteiger partial charge in [-0.25, -0.2) is 0 Å². The minimum atomic E-state index is -0.622. The van der Waals surface area contributed by atoms with Crippen molar-refractivity contribution >= 4 is 35.0 Å². The minimum Gasteiger partial charge on any atom is -0.350 e. The molecule has 0 heterocycles. The Morgan fingerprint density at radius 1 is 1.24 bits per heavy atom. The van der Waals surface area contributed by atoms with Crippen molar-refractivity contribution in [3.05, 3.63) is 33.8 Å². The molecule has 2 amide bonds. The van der Waals surface area contributed by atoms with Crippen molar-refractivity contribution in [3.8, 4) is 0 Å². The van der Waals surface area contributed by atoms with Crippen LogP contribution in [0.25, 0.3) is 0 Å². The summed E-state index contributed by atoms with van der Waals surface area (Å²) in [7, 11) is 0. The Kier molecular flexibility index (Phi) is 6.95. The first-order valence-corrected chi connectivity index (χ1v) is 7.30. The van der Waals surface area contributed by atoms with E-state index in [1.807, 2.05) is 13.8 Å². The normalized spacial score (nSPS) is 12.1. The highest BCUT2D eigenvalue weighted by atomic mass is 35.5. The maximum atomic E-state index is 11.7. The lowest BCUT2D eigenvalue weighted by atomic mass is 10.1. The first-order chi connectivity index (χ1) is 9.81. The van der Waals surface area contributed by atoms with Gasteiger partial charge in [-0.2, -0.15) is 0 Å². The van der Waals surface area contributed by atoms with Crippen LogP contribution < -0.4 is 16.4 Å². The number of hydrogen-bond donors (Lipinski definition) is 3. The number of hydrogen-bond acceptors (Lipinski definition) is 3. The monoisotopic (exact) mass is 331 g/mol. The molecule has 5 nitrogen and oxygen atoms in total. The number of amides is 2. The molecule has 116 valence electrons. The minimum absolute atomic E-state index is 0.0148. The highest BCUT2D eigenvalue weighted by Gasteiger charge is 2.17. The molecule has 1 atom stereocenters. The molecule has 0 bridgehead atoms. The molecule has 0 fully saturated rings. The van der Waals surface area contributed by atoms with E-state index in [-0.39, 0.29) is 30.8 Å². The summed E-state index contributed by atoms with van der Waals surface area (Å²) in [5, 5.41) is 6.17. The lowest BCUT2D eigenvalue weighted by Crippen LogP contribution is -2.47. The third-order valence-corrected chi connectivity index (χ3v) is 3.52. The second-order valence-corrected chi connectivity index (χ2v) is 5.84. The fourth-order valence-corrected chi connectivity index (χ4v) is 1.98. The molecule has 1 aromatic rings. The molecule has 21 heavy (non-hydrogen) atoms.